The third-order valence-electron chi connectivity index (χ3n) is 1.63. The molecule has 0 fully saturated rings. The molecule has 4 heteroatoms. The van der Waals surface area contributed by atoms with E-state index in [0.717, 1.165) is 4.47 Å². The second-order valence-electron chi connectivity index (χ2n) is 2.34. The monoisotopic (exact) mass is 244 g/mol. The van der Waals surface area contributed by atoms with Crippen molar-refractivity contribution in [3.05, 3.63) is 22.2 Å². The van der Waals surface area contributed by atoms with E-state index in [2.05, 4.69) is 15.9 Å². The largest absolute Gasteiger partial charge is 0.496 e. The van der Waals surface area contributed by atoms with Crippen LogP contribution in [0.3, 0.4) is 0 Å². The van der Waals surface area contributed by atoms with Gasteiger partial charge in [0.05, 0.1) is 19.8 Å². The number of carbonyl (C=O) groups is 1. The van der Waals surface area contributed by atoms with Gasteiger partial charge in [0.25, 0.3) is 0 Å². The lowest BCUT2D eigenvalue weighted by molar-refractivity contribution is 0.111. The molecule has 0 aliphatic heterocycles. The molecule has 0 heterocycles. The molecule has 1 rings (SSSR count). The van der Waals surface area contributed by atoms with Crippen molar-refractivity contribution in [2.75, 3.05) is 14.2 Å². The fraction of sp³-hybridized carbons (Fsp3) is 0.222. The van der Waals surface area contributed by atoms with Gasteiger partial charge < -0.3 is 9.47 Å². The fourth-order valence-corrected chi connectivity index (χ4v) is 1.44. The molecule has 0 atom stereocenters. The Hall–Kier alpha value is -1.03. The van der Waals surface area contributed by atoms with Gasteiger partial charge in [-0.1, -0.05) is 15.9 Å². The van der Waals surface area contributed by atoms with E-state index in [1.807, 2.05) is 0 Å². The van der Waals surface area contributed by atoms with Crippen molar-refractivity contribution in [2.24, 2.45) is 0 Å². The highest BCUT2D eigenvalue weighted by atomic mass is 79.9. The Kier molecular flexibility index (Phi) is 3.31. The summed E-state index contributed by atoms with van der Waals surface area (Å²) >= 11 is 3.28. The van der Waals surface area contributed by atoms with Crippen molar-refractivity contribution in [1.29, 1.82) is 0 Å². The van der Waals surface area contributed by atoms with E-state index in [1.165, 1.54) is 14.2 Å². The smallest absolute Gasteiger partial charge is 0.157 e. The summed E-state index contributed by atoms with van der Waals surface area (Å²) < 4.78 is 10.8. The molecule has 0 saturated heterocycles. The zero-order chi connectivity index (χ0) is 9.84. The van der Waals surface area contributed by atoms with Crippen LogP contribution in [0.5, 0.6) is 11.5 Å². The first-order valence-corrected chi connectivity index (χ1v) is 4.39. The van der Waals surface area contributed by atoms with Crippen LogP contribution in [0.2, 0.25) is 0 Å². The topological polar surface area (TPSA) is 35.5 Å². The molecule has 70 valence electrons. The highest BCUT2D eigenvalue weighted by Crippen LogP contribution is 2.31. The van der Waals surface area contributed by atoms with Crippen molar-refractivity contribution in [3.8, 4) is 11.5 Å². The van der Waals surface area contributed by atoms with Crippen LogP contribution >= 0.6 is 15.9 Å². The normalized spacial score (nSPS) is 9.46. The van der Waals surface area contributed by atoms with E-state index in [4.69, 9.17) is 9.47 Å². The number of hydrogen-bond donors (Lipinski definition) is 0. The average molecular weight is 245 g/mol. The summed E-state index contributed by atoms with van der Waals surface area (Å²) in [4.78, 5) is 10.7. The van der Waals surface area contributed by atoms with Crippen molar-refractivity contribution >= 4 is 22.2 Å². The summed E-state index contributed by atoms with van der Waals surface area (Å²) in [6.45, 7) is 0. The Bertz CT molecular complexity index is 298. The minimum absolute atomic E-state index is 0.424. The highest BCUT2D eigenvalue weighted by molar-refractivity contribution is 9.10. The summed E-state index contributed by atoms with van der Waals surface area (Å²) in [6.07, 6.45) is 0.712. The van der Waals surface area contributed by atoms with Crippen LogP contribution in [-0.4, -0.2) is 20.5 Å². The van der Waals surface area contributed by atoms with Gasteiger partial charge in [0.2, 0.25) is 0 Å². The summed E-state index contributed by atoms with van der Waals surface area (Å²) in [6, 6.07) is 3.43. The van der Waals surface area contributed by atoms with Crippen LogP contribution in [0.25, 0.3) is 0 Å². The van der Waals surface area contributed by atoms with E-state index in [1.54, 1.807) is 12.1 Å². The second-order valence-corrected chi connectivity index (χ2v) is 3.26. The molecule has 0 radical (unpaired) electrons. The van der Waals surface area contributed by atoms with Gasteiger partial charge >= 0.3 is 0 Å². The van der Waals surface area contributed by atoms with Gasteiger partial charge in [-0.15, -0.1) is 0 Å². The van der Waals surface area contributed by atoms with Gasteiger partial charge in [0.15, 0.2) is 6.29 Å². The van der Waals surface area contributed by atoms with E-state index >= 15 is 0 Å². The van der Waals surface area contributed by atoms with Gasteiger partial charge in [-0.25, -0.2) is 0 Å². The quantitative estimate of drug-likeness (QED) is 0.766. The maximum absolute atomic E-state index is 10.7. The molecule has 0 saturated carbocycles. The number of ether oxygens (including phenoxy) is 2. The molecule has 3 nitrogen and oxygen atoms in total. The Labute approximate surface area is 84.8 Å². The summed E-state index contributed by atoms with van der Waals surface area (Å²) in [7, 11) is 3.02. The molecular weight excluding hydrogens is 236 g/mol. The van der Waals surface area contributed by atoms with Crippen molar-refractivity contribution < 1.29 is 14.3 Å². The van der Waals surface area contributed by atoms with Crippen molar-refractivity contribution in [1.82, 2.24) is 0 Å². The van der Waals surface area contributed by atoms with Crippen LogP contribution in [0.4, 0.5) is 0 Å². The Morgan fingerprint density at radius 1 is 1.23 bits per heavy atom. The van der Waals surface area contributed by atoms with Crippen LogP contribution in [0.1, 0.15) is 10.4 Å². The zero-order valence-electron chi connectivity index (χ0n) is 7.33. The van der Waals surface area contributed by atoms with Crippen LogP contribution in [-0.2, 0) is 0 Å². The molecule has 0 aliphatic carbocycles. The maximum atomic E-state index is 10.7. The molecule has 0 unspecified atom stereocenters. The van der Waals surface area contributed by atoms with Crippen LogP contribution in [0.15, 0.2) is 16.6 Å². The average Bonchev–Trinajstić information content (AvgIpc) is 2.16. The van der Waals surface area contributed by atoms with Crippen molar-refractivity contribution in [2.45, 2.75) is 0 Å². The van der Waals surface area contributed by atoms with E-state index in [-0.39, 0.29) is 0 Å². The van der Waals surface area contributed by atoms with Gasteiger partial charge in [-0.2, -0.15) is 0 Å². The molecule has 0 spiro atoms. The third-order valence-corrected chi connectivity index (χ3v) is 2.08. The first-order chi connectivity index (χ1) is 6.22. The molecular formula is C9H9BrO3. The Balaban J connectivity index is 3.33. The van der Waals surface area contributed by atoms with Gasteiger partial charge in [-0.05, 0) is 12.1 Å². The first-order valence-electron chi connectivity index (χ1n) is 3.59. The Morgan fingerprint density at radius 2 is 1.69 bits per heavy atom. The van der Waals surface area contributed by atoms with E-state index in [9.17, 15) is 4.79 Å². The molecule has 1 aromatic rings. The lowest BCUT2D eigenvalue weighted by atomic mass is 10.2. The van der Waals surface area contributed by atoms with Crippen LogP contribution < -0.4 is 9.47 Å². The van der Waals surface area contributed by atoms with Gasteiger partial charge in [-0.3, -0.25) is 4.79 Å². The number of rotatable bonds is 3. The van der Waals surface area contributed by atoms with Crippen molar-refractivity contribution in [3.63, 3.8) is 0 Å². The molecule has 0 bridgehead atoms. The minimum Gasteiger partial charge on any atom is -0.496 e. The number of carbonyl (C=O) groups excluding carboxylic acids is 1. The summed E-state index contributed by atoms with van der Waals surface area (Å²) in [5.74, 6) is 1.00. The molecule has 0 N–H and O–H groups in total. The highest BCUT2D eigenvalue weighted by Gasteiger charge is 2.10. The lowest BCUT2D eigenvalue weighted by Gasteiger charge is -2.08. The maximum Gasteiger partial charge on any atom is 0.157 e. The molecule has 0 aromatic heterocycles. The van der Waals surface area contributed by atoms with Gasteiger partial charge in [0, 0.05) is 4.47 Å². The number of aldehydes is 1. The zero-order valence-corrected chi connectivity index (χ0v) is 8.92. The molecule has 13 heavy (non-hydrogen) atoms. The number of methoxy groups -OCH3 is 2. The lowest BCUT2D eigenvalue weighted by Crippen LogP contribution is -1.95. The SMILES string of the molecule is COc1cc(Br)cc(OC)c1C=O. The number of benzene rings is 1. The van der Waals surface area contributed by atoms with Crippen LogP contribution in [0, 0.1) is 0 Å². The predicted molar refractivity (Wildman–Crippen MR) is 52.6 cm³/mol. The molecule has 0 amide bonds. The van der Waals surface area contributed by atoms with Gasteiger partial charge in [0.1, 0.15) is 11.5 Å². The number of hydrogen-bond acceptors (Lipinski definition) is 3. The molecule has 1 aromatic carbocycles. The standard InChI is InChI=1S/C9H9BrO3/c1-12-8-3-6(10)4-9(13-2)7(8)5-11/h3-5H,1-2H3. The predicted octanol–water partition coefficient (Wildman–Crippen LogP) is 2.28. The first kappa shape index (κ1) is 10.1. The minimum atomic E-state index is 0.424. The van der Waals surface area contributed by atoms with E-state index < -0.39 is 0 Å². The number of halogens is 1. The fourth-order valence-electron chi connectivity index (χ4n) is 1.02. The summed E-state index contributed by atoms with van der Waals surface area (Å²) in [5.41, 5.74) is 0.424. The Morgan fingerprint density at radius 3 is 2.00 bits per heavy atom. The molecule has 0 aliphatic rings. The second kappa shape index (κ2) is 4.28. The van der Waals surface area contributed by atoms with E-state index in [0.29, 0.717) is 23.3 Å². The third kappa shape index (κ3) is 2.01. The summed E-state index contributed by atoms with van der Waals surface area (Å²) in [5, 5.41) is 0.